The first-order valence-corrected chi connectivity index (χ1v) is 8.17. The van der Waals surface area contributed by atoms with Crippen LogP contribution in [0.15, 0.2) is 42.6 Å². The highest BCUT2D eigenvalue weighted by atomic mass is 35.5. The second kappa shape index (κ2) is 7.11. The first kappa shape index (κ1) is 16.6. The molecule has 0 atom stereocenters. The number of rotatable bonds is 5. The van der Waals surface area contributed by atoms with Gasteiger partial charge >= 0.3 is 5.97 Å². The van der Waals surface area contributed by atoms with E-state index in [1.807, 2.05) is 30.3 Å². The number of anilines is 1. The van der Waals surface area contributed by atoms with Crippen LogP contribution >= 0.6 is 23.2 Å². The molecule has 124 valence electrons. The van der Waals surface area contributed by atoms with E-state index in [9.17, 15) is 4.79 Å². The molecular formula is C17H15Cl2N3O2. The van der Waals surface area contributed by atoms with Gasteiger partial charge in [-0.25, -0.2) is 4.98 Å². The fourth-order valence-electron chi connectivity index (χ4n) is 2.41. The van der Waals surface area contributed by atoms with Crippen LogP contribution in [0.25, 0.3) is 16.9 Å². The Balaban J connectivity index is 2.10. The van der Waals surface area contributed by atoms with Crippen LogP contribution in [0.3, 0.4) is 0 Å². The zero-order valence-corrected chi connectivity index (χ0v) is 14.4. The number of ether oxygens (including phenoxy) is 1. The number of hydrogen-bond acceptors (Lipinski definition) is 4. The van der Waals surface area contributed by atoms with E-state index in [0.717, 1.165) is 5.56 Å². The quantitative estimate of drug-likeness (QED) is 0.687. The normalized spacial score (nSPS) is 10.8. The lowest BCUT2D eigenvalue weighted by Gasteiger charge is -2.09. The first-order valence-electron chi connectivity index (χ1n) is 7.42. The van der Waals surface area contributed by atoms with Gasteiger partial charge in [-0.15, -0.1) is 0 Å². The molecule has 0 radical (unpaired) electrons. The Morgan fingerprint density at radius 3 is 2.75 bits per heavy atom. The van der Waals surface area contributed by atoms with Gasteiger partial charge in [0.1, 0.15) is 18.1 Å². The summed E-state index contributed by atoms with van der Waals surface area (Å²) in [5.74, 6) is 0.285. The Hall–Kier alpha value is -2.24. The van der Waals surface area contributed by atoms with Gasteiger partial charge in [-0.3, -0.25) is 9.20 Å². The maximum absolute atomic E-state index is 11.7. The smallest absolute Gasteiger partial charge is 0.325 e. The van der Waals surface area contributed by atoms with Gasteiger partial charge in [0.2, 0.25) is 0 Å². The fourth-order valence-corrected chi connectivity index (χ4v) is 2.92. The summed E-state index contributed by atoms with van der Waals surface area (Å²) >= 11 is 12.4. The molecule has 0 aliphatic rings. The molecule has 0 saturated heterocycles. The van der Waals surface area contributed by atoms with Gasteiger partial charge in [0.05, 0.1) is 16.7 Å². The van der Waals surface area contributed by atoms with E-state index in [4.69, 9.17) is 27.9 Å². The molecule has 1 N–H and O–H groups in total. The molecular weight excluding hydrogens is 349 g/mol. The number of carbonyl (C=O) groups excluding carboxylic acids is 1. The number of nitrogens with one attached hydrogen (secondary N) is 1. The number of pyridine rings is 1. The molecule has 0 aliphatic heterocycles. The molecule has 0 unspecified atom stereocenters. The molecule has 0 fully saturated rings. The molecule has 3 aromatic rings. The number of hydrogen-bond donors (Lipinski definition) is 1. The summed E-state index contributed by atoms with van der Waals surface area (Å²) in [6.45, 7) is 2.11. The van der Waals surface area contributed by atoms with Crippen LogP contribution in [0.5, 0.6) is 0 Å². The van der Waals surface area contributed by atoms with Crippen molar-refractivity contribution < 1.29 is 9.53 Å². The predicted octanol–water partition coefficient (Wildman–Crippen LogP) is 4.28. The largest absolute Gasteiger partial charge is 0.465 e. The van der Waals surface area contributed by atoms with Gasteiger partial charge < -0.3 is 10.1 Å². The van der Waals surface area contributed by atoms with E-state index in [1.54, 1.807) is 23.6 Å². The first-order chi connectivity index (χ1) is 11.6. The van der Waals surface area contributed by atoms with Crippen molar-refractivity contribution in [2.75, 3.05) is 18.5 Å². The van der Waals surface area contributed by atoms with E-state index in [2.05, 4.69) is 10.3 Å². The van der Waals surface area contributed by atoms with E-state index < -0.39 is 0 Å². The zero-order valence-electron chi connectivity index (χ0n) is 12.9. The molecule has 2 heterocycles. The Labute approximate surface area is 149 Å². The summed E-state index contributed by atoms with van der Waals surface area (Å²) in [6, 6.07) is 11.3. The molecule has 0 saturated carbocycles. The Morgan fingerprint density at radius 2 is 2.04 bits per heavy atom. The SMILES string of the molecule is CCOC(=O)CNc1c(-c2ccccc2)nc2c(Cl)cc(Cl)cn12. The van der Waals surface area contributed by atoms with Gasteiger partial charge in [-0.2, -0.15) is 0 Å². The Bertz CT molecular complexity index is 878. The van der Waals surface area contributed by atoms with Gasteiger partial charge in [0, 0.05) is 11.8 Å². The number of fused-ring (bicyclic) bond motifs is 1. The van der Waals surface area contributed by atoms with Gasteiger partial charge in [-0.1, -0.05) is 53.5 Å². The van der Waals surface area contributed by atoms with Crippen molar-refractivity contribution in [1.82, 2.24) is 9.38 Å². The van der Waals surface area contributed by atoms with Crippen molar-refractivity contribution in [1.29, 1.82) is 0 Å². The molecule has 0 bridgehead atoms. The summed E-state index contributed by atoms with van der Waals surface area (Å²) in [5.41, 5.74) is 2.15. The minimum atomic E-state index is -0.348. The summed E-state index contributed by atoms with van der Waals surface area (Å²) in [7, 11) is 0. The lowest BCUT2D eigenvalue weighted by molar-refractivity contribution is -0.140. The molecule has 0 aliphatic carbocycles. The van der Waals surface area contributed by atoms with Crippen LogP contribution in [0.4, 0.5) is 5.82 Å². The third-order valence-electron chi connectivity index (χ3n) is 3.39. The molecule has 1 aromatic carbocycles. The third-order valence-corrected chi connectivity index (χ3v) is 3.88. The summed E-state index contributed by atoms with van der Waals surface area (Å²) in [4.78, 5) is 16.3. The number of carbonyl (C=O) groups is 1. The Morgan fingerprint density at radius 1 is 1.29 bits per heavy atom. The van der Waals surface area contributed by atoms with Crippen LogP contribution in [-0.2, 0) is 9.53 Å². The number of benzene rings is 1. The standard InChI is InChI=1S/C17H15Cl2N3O2/c1-2-24-14(23)9-20-17-15(11-6-4-3-5-7-11)21-16-13(19)8-12(18)10-22(16)17/h3-8,10,20H,2,9H2,1H3. The molecule has 5 nitrogen and oxygen atoms in total. The average Bonchev–Trinajstić information content (AvgIpc) is 2.93. The minimum absolute atomic E-state index is 0.0194. The molecule has 0 amide bonds. The van der Waals surface area contributed by atoms with Crippen molar-refractivity contribution in [3.8, 4) is 11.3 Å². The van der Waals surface area contributed by atoms with Gasteiger partial charge in [0.25, 0.3) is 0 Å². The topological polar surface area (TPSA) is 55.6 Å². The average molecular weight is 364 g/mol. The van der Waals surface area contributed by atoms with E-state index in [1.165, 1.54) is 0 Å². The van der Waals surface area contributed by atoms with Crippen LogP contribution in [-0.4, -0.2) is 28.5 Å². The minimum Gasteiger partial charge on any atom is -0.465 e. The van der Waals surface area contributed by atoms with Crippen molar-refractivity contribution in [3.63, 3.8) is 0 Å². The van der Waals surface area contributed by atoms with Crippen LogP contribution in [0, 0.1) is 0 Å². The molecule has 24 heavy (non-hydrogen) atoms. The predicted molar refractivity (Wildman–Crippen MR) is 95.8 cm³/mol. The van der Waals surface area contributed by atoms with Gasteiger partial charge in [0.15, 0.2) is 5.65 Å². The maximum atomic E-state index is 11.7. The van der Waals surface area contributed by atoms with Crippen molar-refractivity contribution in [3.05, 3.63) is 52.6 Å². The van der Waals surface area contributed by atoms with Crippen LogP contribution in [0.1, 0.15) is 6.92 Å². The summed E-state index contributed by atoms with van der Waals surface area (Å²) in [5, 5.41) is 3.99. The van der Waals surface area contributed by atoms with Crippen LogP contribution in [0.2, 0.25) is 10.0 Å². The second-order valence-electron chi connectivity index (χ2n) is 5.03. The van der Waals surface area contributed by atoms with Crippen LogP contribution < -0.4 is 5.32 Å². The summed E-state index contributed by atoms with van der Waals surface area (Å²) < 4.78 is 6.70. The highest BCUT2D eigenvalue weighted by molar-refractivity contribution is 6.36. The lowest BCUT2D eigenvalue weighted by Crippen LogP contribution is -2.17. The number of halogens is 2. The second-order valence-corrected chi connectivity index (χ2v) is 5.88. The fraction of sp³-hybridized carbons (Fsp3) is 0.176. The molecule has 2 aromatic heterocycles. The third kappa shape index (κ3) is 3.32. The number of nitrogens with zero attached hydrogens (tertiary/aromatic N) is 2. The number of imidazole rings is 1. The highest BCUT2D eigenvalue weighted by Gasteiger charge is 2.17. The van der Waals surface area contributed by atoms with Crippen molar-refractivity contribution in [2.24, 2.45) is 0 Å². The maximum Gasteiger partial charge on any atom is 0.325 e. The molecule has 7 heteroatoms. The number of esters is 1. The monoisotopic (exact) mass is 363 g/mol. The zero-order chi connectivity index (χ0) is 17.1. The Kier molecular flexibility index (Phi) is 4.92. The van der Waals surface area contributed by atoms with E-state index >= 15 is 0 Å². The number of aromatic nitrogens is 2. The van der Waals surface area contributed by atoms with Crippen molar-refractivity contribution in [2.45, 2.75) is 6.92 Å². The van der Waals surface area contributed by atoms with Crippen molar-refractivity contribution >= 4 is 40.6 Å². The van der Waals surface area contributed by atoms with Gasteiger partial charge in [-0.05, 0) is 13.0 Å². The van der Waals surface area contributed by atoms with E-state index in [0.29, 0.717) is 33.8 Å². The lowest BCUT2D eigenvalue weighted by atomic mass is 10.1. The highest BCUT2D eigenvalue weighted by Crippen LogP contribution is 2.32. The molecule has 3 rings (SSSR count). The molecule has 0 spiro atoms. The van der Waals surface area contributed by atoms with E-state index in [-0.39, 0.29) is 12.5 Å². The summed E-state index contributed by atoms with van der Waals surface area (Å²) in [6.07, 6.45) is 1.70.